The largest absolute Gasteiger partial charge is 0.477 e. The Balaban J connectivity index is 1.63. The van der Waals surface area contributed by atoms with Crippen LogP contribution in [0.15, 0.2) is 48.8 Å². The predicted molar refractivity (Wildman–Crippen MR) is 99.7 cm³/mol. The molecule has 0 amide bonds. The second-order valence-corrected chi connectivity index (χ2v) is 6.88. The van der Waals surface area contributed by atoms with Gasteiger partial charge in [0.2, 0.25) is 0 Å². The second kappa shape index (κ2) is 7.36. The van der Waals surface area contributed by atoms with Gasteiger partial charge in [-0.25, -0.2) is 9.18 Å². The molecule has 0 spiro atoms. The first-order valence-electron chi connectivity index (χ1n) is 9.02. The van der Waals surface area contributed by atoms with E-state index < -0.39 is 12.1 Å². The molecule has 1 aliphatic rings. The number of aromatic amines is 1. The Morgan fingerprint density at radius 1 is 1.33 bits per heavy atom. The molecule has 1 aromatic carbocycles. The first kappa shape index (κ1) is 17.5. The maximum atomic E-state index is 13.6. The van der Waals surface area contributed by atoms with Crippen LogP contribution >= 0.6 is 0 Å². The van der Waals surface area contributed by atoms with Crippen LogP contribution in [0.2, 0.25) is 0 Å². The molecule has 6 nitrogen and oxygen atoms in total. The summed E-state index contributed by atoms with van der Waals surface area (Å²) in [6.45, 7) is 2.10. The number of hydrogen-bond acceptors (Lipinski definition) is 3. The van der Waals surface area contributed by atoms with Crippen molar-refractivity contribution in [3.63, 3.8) is 0 Å². The minimum atomic E-state index is -1.03. The molecule has 27 heavy (non-hydrogen) atoms. The van der Waals surface area contributed by atoms with Gasteiger partial charge in [-0.05, 0) is 48.7 Å². The van der Waals surface area contributed by atoms with Crippen molar-refractivity contribution >= 4 is 5.97 Å². The number of rotatable bonds is 5. The van der Waals surface area contributed by atoms with E-state index in [0.717, 1.165) is 29.8 Å². The Kier molecular flexibility index (Phi) is 4.77. The normalized spacial score (nSPS) is 17.9. The molecule has 140 valence electrons. The summed E-state index contributed by atoms with van der Waals surface area (Å²) < 4.78 is 15.4. The molecule has 1 atom stereocenters. The molecule has 2 aromatic heterocycles. The SMILES string of the molecule is O=C(O)c1cn[nH]c1-n1cccc1-c1cccc(CN2CCCC(F)C2)c1. The van der Waals surface area contributed by atoms with Gasteiger partial charge in [-0.3, -0.25) is 10.00 Å². The van der Waals surface area contributed by atoms with E-state index in [2.05, 4.69) is 21.2 Å². The van der Waals surface area contributed by atoms with E-state index in [4.69, 9.17) is 0 Å². The zero-order valence-corrected chi connectivity index (χ0v) is 14.8. The molecule has 4 rings (SSSR count). The molecule has 3 heterocycles. The van der Waals surface area contributed by atoms with Crippen LogP contribution in [0.25, 0.3) is 17.1 Å². The number of carboxylic acids is 1. The highest BCUT2D eigenvalue weighted by molar-refractivity contribution is 5.91. The Labute approximate surface area is 156 Å². The van der Waals surface area contributed by atoms with E-state index in [1.165, 1.54) is 6.20 Å². The van der Waals surface area contributed by atoms with Gasteiger partial charge in [-0.1, -0.05) is 18.2 Å². The van der Waals surface area contributed by atoms with Gasteiger partial charge in [0.25, 0.3) is 0 Å². The van der Waals surface area contributed by atoms with Gasteiger partial charge in [0.05, 0.1) is 11.9 Å². The number of hydrogen-bond donors (Lipinski definition) is 2. The van der Waals surface area contributed by atoms with Gasteiger partial charge in [0.1, 0.15) is 17.6 Å². The summed E-state index contributed by atoms with van der Waals surface area (Å²) in [5, 5.41) is 16.0. The van der Waals surface area contributed by atoms with E-state index >= 15 is 0 Å². The number of alkyl halides is 1. The van der Waals surface area contributed by atoms with Crippen molar-refractivity contribution in [2.75, 3.05) is 13.1 Å². The molecule has 0 aliphatic carbocycles. The van der Waals surface area contributed by atoms with Crippen LogP contribution in [0.4, 0.5) is 4.39 Å². The third-order valence-electron chi connectivity index (χ3n) is 4.92. The number of nitrogens with one attached hydrogen (secondary N) is 1. The summed E-state index contributed by atoms with van der Waals surface area (Å²) in [6, 6.07) is 11.9. The zero-order chi connectivity index (χ0) is 18.8. The number of carboxylic acid groups (broad SMARTS) is 1. The molecule has 0 bridgehead atoms. The number of likely N-dealkylation sites (tertiary alicyclic amines) is 1. The molecular weight excluding hydrogens is 347 g/mol. The summed E-state index contributed by atoms with van der Waals surface area (Å²) in [5.41, 5.74) is 3.06. The fourth-order valence-corrected chi connectivity index (χ4v) is 3.66. The average Bonchev–Trinajstić information content (AvgIpc) is 3.31. The second-order valence-electron chi connectivity index (χ2n) is 6.88. The van der Waals surface area contributed by atoms with Gasteiger partial charge in [-0.15, -0.1) is 0 Å². The first-order valence-corrected chi connectivity index (χ1v) is 9.02. The van der Waals surface area contributed by atoms with Crippen LogP contribution in [0.3, 0.4) is 0 Å². The first-order chi connectivity index (χ1) is 13.1. The van der Waals surface area contributed by atoms with Crippen molar-refractivity contribution in [3.05, 3.63) is 59.9 Å². The Morgan fingerprint density at radius 2 is 2.22 bits per heavy atom. The summed E-state index contributed by atoms with van der Waals surface area (Å²) >= 11 is 0. The number of carbonyl (C=O) groups is 1. The standard InChI is InChI=1S/C20H21FN4O2/c21-16-6-2-8-24(13-16)12-14-4-1-5-15(10-14)18-7-3-9-25(18)19-17(20(26)27)11-22-23-19/h1,3-5,7,9-11,16H,2,6,8,12-13H2,(H,22,23)(H,26,27). The molecule has 0 saturated carbocycles. The molecular formula is C20H21FN4O2. The fourth-order valence-electron chi connectivity index (χ4n) is 3.66. The van der Waals surface area contributed by atoms with Crippen molar-refractivity contribution in [2.45, 2.75) is 25.6 Å². The van der Waals surface area contributed by atoms with Crippen LogP contribution in [-0.2, 0) is 6.54 Å². The van der Waals surface area contributed by atoms with Crippen LogP contribution in [0, 0.1) is 0 Å². The lowest BCUT2D eigenvalue weighted by Crippen LogP contribution is -2.35. The van der Waals surface area contributed by atoms with Gasteiger partial charge in [0.15, 0.2) is 0 Å². The molecule has 1 fully saturated rings. The Morgan fingerprint density at radius 3 is 3.04 bits per heavy atom. The van der Waals surface area contributed by atoms with Gasteiger partial charge in [0, 0.05) is 19.3 Å². The topological polar surface area (TPSA) is 74.1 Å². The van der Waals surface area contributed by atoms with Gasteiger partial charge >= 0.3 is 5.97 Å². The summed E-state index contributed by atoms with van der Waals surface area (Å²) in [5.74, 6) is -0.609. The number of nitrogens with zero attached hydrogens (tertiary/aromatic N) is 3. The molecule has 1 saturated heterocycles. The summed E-state index contributed by atoms with van der Waals surface area (Å²) in [7, 11) is 0. The van der Waals surface area contributed by atoms with Crippen molar-refractivity contribution in [2.24, 2.45) is 0 Å². The highest BCUT2D eigenvalue weighted by Gasteiger charge is 2.20. The smallest absolute Gasteiger partial charge is 0.341 e. The van der Waals surface area contributed by atoms with E-state index in [-0.39, 0.29) is 5.56 Å². The highest BCUT2D eigenvalue weighted by atomic mass is 19.1. The maximum Gasteiger partial charge on any atom is 0.341 e. The number of piperidine rings is 1. The van der Waals surface area contributed by atoms with Crippen molar-refractivity contribution < 1.29 is 14.3 Å². The fraction of sp³-hybridized carbons (Fsp3) is 0.300. The van der Waals surface area contributed by atoms with Crippen LogP contribution in [0.1, 0.15) is 28.8 Å². The predicted octanol–water partition coefficient (Wildman–Crippen LogP) is 3.50. The molecule has 3 aromatic rings. The van der Waals surface area contributed by atoms with E-state index in [9.17, 15) is 14.3 Å². The number of aromatic carboxylic acids is 1. The number of halogens is 1. The van der Waals surface area contributed by atoms with Gasteiger partial charge < -0.3 is 9.67 Å². The lowest BCUT2D eigenvalue weighted by molar-refractivity contribution is 0.0697. The van der Waals surface area contributed by atoms with Crippen LogP contribution in [0.5, 0.6) is 0 Å². The molecule has 0 radical (unpaired) electrons. The van der Waals surface area contributed by atoms with E-state index in [1.807, 2.05) is 30.3 Å². The van der Waals surface area contributed by atoms with Crippen molar-refractivity contribution in [3.8, 4) is 17.1 Å². The van der Waals surface area contributed by atoms with E-state index in [1.54, 1.807) is 10.8 Å². The van der Waals surface area contributed by atoms with Crippen molar-refractivity contribution in [1.29, 1.82) is 0 Å². The molecule has 7 heteroatoms. The lowest BCUT2D eigenvalue weighted by atomic mass is 10.1. The average molecular weight is 368 g/mol. The number of H-pyrrole nitrogens is 1. The summed E-state index contributed by atoms with van der Waals surface area (Å²) in [4.78, 5) is 13.6. The quantitative estimate of drug-likeness (QED) is 0.723. The Bertz CT molecular complexity index is 949. The summed E-state index contributed by atoms with van der Waals surface area (Å²) in [6.07, 6.45) is 3.91. The monoisotopic (exact) mass is 368 g/mol. The number of benzene rings is 1. The third kappa shape index (κ3) is 3.64. The highest BCUT2D eigenvalue weighted by Crippen LogP contribution is 2.26. The minimum Gasteiger partial charge on any atom is -0.477 e. The van der Waals surface area contributed by atoms with Crippen LogP contribution in [-0.4, -0.2) is 50.0 Å². The third-order valence-corrected chi connectivity index (χ3v) is 4.92. The molecule has 1 aliphatic heterocycles. The Hall–Kier alpha value is -2.93. The molecule has 2 N–H and O–H groups in total. The van der Waals surface area contributed by atoms with Gasteiger partial charge in [-0.2, -0.15) is 5.10 Å². The van der Waals surface area contributed by atoms with Crippen LogP contribution < -0.4 is 0 Å². The molecule has 1 unspecified atom stereocenters. The van der Waals surface area contributed by atoms with Crippen molar-refractivity contribution in [1.82, 2.24) is 19.7 Å². The zero-order valence-electron chi connectivity index (χ0n) is 14.8. The lowest BCUT2D eigenvalue weighted by Gasteiger charge is -2.28. The van der Waals surface area contributed by atoms with E-state index in [0.29, 0.717) is 25.3 Å². The maximum absolute atomic E-state index is 13.6. The minimum absolute atomic E-state index is 0.117. The number of aromatic nitrogens is 3.